The Balaban J connectivity index is 1.70. The lowest BCUT2D eigenvalue weighted by atomic mass is 10.2. The number of nitrogens with zero attached hydrogens (tertiary/aromatic N) is 3. The number of nitrogens with one attached hydrogen (secondary N) is 1. The molecule has 0 aliphatic carbocycles. The van der Waals surface area contributed by atoms with Gasteiger partial charge in [0, 0.05) is 23.6 Å². The fraction of sp³-hybridized carbons (Fsp3) is 0.0588. The fourth-order valence-electron chi connectivity index (χ4n) is 2.64. The highest BCUT2D eigenvalue weighted by Gasteiger charge is 2.10. The zero-order valence-electron chi connectivity index (χ0n) is 12.2. The van der Waals surface area contributed by atoms with Crippen molar-refractivity contribution in [2.24, 2.45) is 0 Å². The van der Waals surface area contributed by atoms with Crippen molar-refractivity contribution in [3.05, 3.63) is 66.5 Å². The van der Waals surface area contributed by atoms with Gasteiger partial charge in [-0.1, -0.05) is 12.1 Å². The quantitative estimate of drug-likeness (QED) is 0.571. The molecule has 2 aromatic heterocycles. The molecule has 0 fully saturated rings. The Morgan fingerprint density at radius 1 is 1.17 bits per heavy atom. The maximum absolute atomic E-state index is 13.4. The van der Waals surface area contributed by atoms with Gasteiger partial charge in [-0.05, 0) is 30.3 Å². The summed E-state index contributed by atoms with van der Waals surface area (Å²) in [5, 5.41) is 0. The number of aromatic amines is 1. The molecule has 4 rings (SSSR count). The highest BCUT2D eigenvalue weighted by atomic mass is 19.1. The smallest absolute Gasteiger partial charge is 0.140 e. The highest BCUT2D eigenvalue weighted by molar-refractivity contribution is 5.78. The monoisotopic (exact) mass is 307 g/mol. The number of nitrogens with two attached hydrogens (primary N) is 1. The number of H-pyrrole nitrogens is 1. The molecular weight excluding hydrogens is 293 g/mol. The lowest BCUT2D eigenvalue weighted by Gasteiger charge is -2.06. The van der Waals surface area contributed by atoms with E-state index in [1.54, 1.807) is 12.3 Å². The summed E-state index contributed by atoms with van der Waals surface area (Å²) in [6.07, 6.45) is 3.54. The molecule has 0 aliphatic heterocycles. The first-order valence-corrected chi connectivity index (χ1v) is 7.20. The van der Waals surface area contributed by atoms with Crippen LogP contribution in [0.25, 0.3) is 22.4 Å². The standard InChI is InChI=1S/C17H14FN5/c18-12-3-1-2-11(8-12)17-20-6-7-23(17)10-16-21-14-5-4-13(19)9-15(14)22-16/h1-9H,10,19H2,(H,21,22). The van der Waals surface area contributed by atoms with Crippen LogP contribution in [-0.4, -0.2) is 19.5 Å². The number of aromatic nitrogens is 4. The predicted molar refractivity (Wildman–Crippen MR) is 87.2 cm³/mol. The summed E-state index contributed by atoms with van der Waals surface area (Å²) >= 11 is 0. The Kier molecular flexibility index (Phi) is 3.08. The average Bonchev–Trinajstić information content (AvgIpc) is 3.13. The van der Waals surface area contributed by atoms with Crippen LogP contribution < -0.4 is 5.73 Å². The predicted octanol–water partition coefficient (Wildman–Crippen LogP) is 3.20. The zero-order valence-corrected chi connectivity index (χ0v) is 12.2. The largest absolute Gasteiger partial charge is 0.399 e. The number of fused-ring (bicyclic) bond motifs is 1. The van der Waals surface area contributed by atoms with Gasteiger partial charge in [0.15, 0.2) is 0 Å². The van der Waals surface area contributed by atoms with Crippen LogP contribution in [0.4, 0.5) is 10.1 Å². The van der Waals surface area contributed by atoms with E-state index in [1.165, 1.54) is 12.1 Å². The minimum Gasteiger partial charge on any atom is -0.399 e. The molecule has 114 valence electrons. The molecule has 4 aromatic rings. The van der Waals surface area contributed by atoms with Gasteiger partial charge in [-0.15, -0.1) is 0 Å². The normalized spacial score (nSPS) is 11.2. The molecule has 0 radical (unpaired) electrons. The number of benzene rings is 2. The molecule has 0 bridgehead atoms. The molecule has 6 heteroatoms. The van der Waals surface area contributed by atoms with E-state index >= 15 is 0 Å². The van der Waals surface area contributed by atoms with E-state index in [-0.39, 0.29) is 5.82 Å². The third-order valence-corrected chi connectivity index (χ3v) is 3.67. The van der Waals surface area contributed by atoms with Crippen LogP contribution in [0, 0.1) is 5.82 Å². The van der Waals surface area contributed by atoms with Gasteiger partial charge in [-0.25, -0.2) is 14.4 Å². The molecule has 23 heavy (non-hydrogen) atoms. The zero-order chi connectivity index (χ0) is 15.8. The van der Waals surface area contributed by atoms with Crippen molar-refractivity contribution in [2.45, 2.75) is 6.54 Å². The molecule has 0 aliphatic rings. The minimum absolute atomic E-state index is 0.281. The maximum atomic E-state index is 13.4. The van der Waals surface area contributed by atoms with Crippen LogP contribution in [0.2, 0.25) is 0 Å². The molecule has 0 saturated carbocycles. The summed E-state index contributed by atoms with van der Waals surface area (Å²) in [7, 11) is 0. The summed E-state index contributed by atoms with van der Waals surface area (Å²) in [4.78, 5) is 12.1. The first kappa shape index (κ1) is 13.5. The van der Waals surface area contributed by atoms with E-state index in [0.29, 0.717) is 18.1 Å². The Bertz CT molecular complexity index is 985. The Labute approximate surface area is 131 Å². The van der Waals surface area contributed by atoms with E-state index in [2.05, 4.69) is 15.0 Å². The van der Waals surface area contributed by atoms with Gasteiger partial charge >= 0.3 is 0 Å². The molecule has 3 N–H and O–H groups in total. The molecule has 0 unspecified atom stereocenters. The van der Waals surface area contributed by atoms with Crippen LogP contribution >= 0.6 is 0 Å². The van der Waals surface area contributed by atoms with Crippen molar-refractivity contribution in [3.63, 3.8) is 0 Å². The number of imidazole rings is 2. The lowest BCUT2D eigenvalue weighted by Crippen LogP contribution is -2.02. The fourth-order valence-corrected chi connectivity index (χ4v) is 2.64. The van der Waals surface area contributed by atoms with Gasteiger partial charge in [0.2, 0.25) is 0 Å². The summed E-state index contributed by atoms with van der Waals surface area (Å²) in [6.45, 7) is 0.514. The van der Waals surface area contributed by atoms with Gasteiger partial charge in [-0.3, -0.25) is 0 Å². The summed E-state index contributed by atoms with van der Waals surface area (Å²) < 4.78 is 15.4. The third-order valence-electron chi connectivity index (χ3n) is 3.67. The van der Waals surface area contributed by atoms with Gasteiger partial charge in [0.05, 0.1) is 17.6 Å². The van der Waals surface area contributed by atoms with Crippen LogP contribution in [0.1, 0.15) is 5.82 Å². The second-order valence-corrected chi connectivity index (χ2v) is 5.35. The van der Waals surface area contributed by atoms with Crippen molar-refractivity contribution >= 4 is 16.7 Å². The SMILES string of the molecule is Nc1ccc2nc(Cn3ccnc3-c3cccc(F)c3)[nH]c2c1. The molecular formula is C17H14FN5. The van der Waals surface area contributed by atoms with Crippen molar-refractivity contribution < 1.29 is 4.39 Å². The van der Waals surface area contributed by atoms with Gasteiger partial charge < -0.3 is 15.3 Å². The summed E-state index contributed by atoms with van der Waals surface area (Å²) in [5.41, 5.74) is 8.97. The molecule has 5 nitrogen and oxygen atoms in total. The van der Waals surface area contributed by atoms with Crippen molar-refractivity contribution in [1.29, 1.82) is 0 Å². The minimum atomic E-state index is -0.281. The topological polar surface area (TPSA) is 72.5 Å². The second kappa shape index (κ2) is 5.24. The van der Waals surface area contributed by atoms with E-state index in [1.807, 2.05) is 35.0 Å². The van der Waals surface area contributed by atoms with Gasteiger partial charge in [0.1, 0.15) is 17.5 Å². The number of anilines is 1. The van der Waals surface area contributed by atoms with Crippen LogP contribution in [0.5, 0.6) is 0 Å². The lowest BCUT2D eigenvalue weighted by molar-refractivity contribution is 0.628. The number of hydrogen-bond acceptors (Lipinski definition) is 3. The maximum Gasteiger partial charge on any atom is 0.140 e. The summed E-state index contributed by atoms with van der Waals surface area (Å²) in [5.74, 6) is 1.21. The van der Waals surface area contributed by atoms with Crippen molar-refractivity contribution in [1.82, 2.24) is 19.5 Å². The molecule has 0 atom stereocenters. The Morgan fingerprint density at radius 3 is 2.96 bits per heavy atom. The summed E-state index contributed by atoms with van der Waals surface area (Å²) in [6, 6.07) is 12.0. The average molecular weight is 307 g/mol. The van der Waals surface area contributed by atoms with E-state index in [0.717, 1.165) is 22.4 Å². The molecule has 0 saturated heterocycles. The van der Waals surface area contributed by atoms with Crippen LogP contribution in [-0.2, 0) is 6.54 Å². The Hall–Kier alpha value is -3.15. The van der Waals surface area contributed by atoms with E-state index in [9.17, 15) is 4.39 Å². The van der Waals surface area contributed by atoms with Crippen molar-refractivity contribution in [3.8, 4) is 11.4 Å². The third kappa shape index (κ3) is 2.55. The van der Waals surface area contributed by atoms with Gasteiger partial charge in [0.25, 0.3) is 0 Å². The van der Waals surface area contributed by atoms with E-state index < -0.39 is 0 Å². The van der Waals surface area contributed by atoms with Gasteiger partial charge in [-0.2, -0.15) is 0 Å². The van der Waals surface area contributed by atoms with E-state index in [4.69, 9.17) is 5.73 Å². The first-order chi connectivity index (χ1) is 11.2. The van der Waals surface area contributed by atoms with Crippen molar-refractivity contribution in [2.75, 3.05) is 5.73 Å². The number of nitrogen functional groups attached to an aromatic ring is 1. The highest BCUT2D eigenvalue weighted by Crippen LogP contribution is 2.20. The molecule has 2 aromatic carbocycles. The number of rotatable bonds is 3. The second-order valence-electron chi connectivity index (χ2n) is 5.35. The number of halogens is 1. The number of hydrogen-bond donors (Lipinski definition) is 2. The molecule has 2 heterocycles. The van der Waals surface area contributed by atoms with Crippen LogP contribution in [0.15, 0.2) is 54.9 Å². The first-order valence-electron chi connectivity index (χ1n) is 7.20. The molecule has 0 amide bonds. The Morgan fingerprint density at radius 2 is 2.09 bits per heavy atom. The molecule has 0 spiro atoms. The van der Waals surface area contributed by atoms with Crippen LogP contribution in [0.3, 0.4) is 0 Å².